The zero-order chi connectivity index (χ0) is 14.0. The van der Waals surface area contributed by atoms with Crippen LogP contribution in [0.1, 0.15) is 35.1 Å². The molecular weight excluding hydrogens is 238 g/mol. The van der Waals surface area contributed by atoms with Gasteiger partial charge in [0.1, 0.15) is 0 Å². The zero-order valence-corrected chi connectivity index (χ0v) is 12.0. The molecule has 0 bridgehead atoms. The van der Waals surface area contributed by atoms with Crippen molar-refractivity contribution in [2.24, 2.45) is 5.41 Å². The number of hydrogen-bond donors (Lipinski definition) is 2. The summed E-state index contributed by atoms with van der Waals surface area (Å²) >= 11 is 0. The Bertz CT molecular complexity index is 467. The number of nitrogens with one attached hydrogen (secondary N) is 1. The Morgan fingerprint density at radius 2 is 1.84 bits per heavy atom. The molecule has 2 N–H and O–H groups in total. The van der Waals surface area contributed by atoms with Crippen LogP contribution in [-0.2, 0) is 11.2 Å². The van der Waals surface area contributed by atoms with Crippen LogP contribution in [-0.4, -0.2) is 24.2 Å². The van der Waals surface area contributed by atoms with Crippen molar-refractivity contribution in [3.05, 3.63) is 34.4 Å². The fraction of sp³-hybridized carbons (Fsp3) is 0.562. The predicted octanol–water partition coefficient (Wildman–Crippen LogP) is 2.04. The Kier molecular flexibility index (Phi) is 3.95. The van der Waals surface area contributed by atoms with Crippen molar-refractivity contribution in [3.63, 3.8) is 0 Å². The molecular formula is C16H23NO2. The number of rotatable bonds is 5. The second kappa shape index (κ2) is 5.33. The number of carbonyl (C=O) groups is 1. The van der Waals surface area contributed by atoms with Crippen LogP contribution in [0.5, 0.6) is 0 Å². The third-order valence-electron chi connectivity index (χ3n) is 4.14. The Balaban J connectivity index is 1.91. The predicted molar refractivity (Wildman–Crippen MR) is 76.1 cm³/mol. The third kappa shape index (κ3) is 2.98. The maximum Gasteiger partial charge on any atom is 0.228 e. The molecule has 3 heteroatoms. The monoisotopic (exact) mass is 261 g/mol. The van der Waals surface area contributed by atoms with E-state index in [4.69, 9.17) is 0 Å². The van der Waals surface area contributed by atoms with Gasteiger partial charge >= 0.3 is 0 Å². The molecule has 0 aliphatic heterocycles. The van der Waals surface area contributed by atoms with Gasteiger partial charge in [-0.25, -0.2) is 0 Å². The molecule has 19 heavy (non-hydrogen) atoms. The molecule has 0 unspecified atom stereocenters. The highest BCUT2D eigenvalue weighted by molar-refractivity contribution is 5.85. The van der Waals surface area contributed by atoms with Crippen LogP contribution >= 0.6 is 0 Å². The second-order valence-corrected chi connectivity index (χ2v) is 5.82. The van der Waals surface area contributed by atoms with Gasteiger partial charge in [-0.2, -0.15) is 0 Å². The van der Waals surface area contributed by atoms with Gasteiger partial charge in [-0.3, -0.25) is 4.79 Å². The molecule has 1 aromatic carbocycles. The van der Waals surface area contributed by atoms with E-state index in [0.717, 1.165) is 19.3 Å². The van der Waals surface area contributed by atoms with Crippen molar-refractivity contribution in [2.75, 3.05) is 13.2 Å². The van der Waals surface area contributed by atoms with Crippen molar-refractivity contribution in [2.45, 2.75) is 40.0 Å². The lowest BCUT2D eigenvalue weighted by Gasteiger charge is -2.14. The topological polar surface area (TPSA) is 49.3 Å². The average molecular weight is 261 g/mol. The number of aliphatic hydroxyl groups is 1. The van der Waals surface area contributed by atoms with E-state index in [9.17, 15) is 9.90 Å². The molecule has 3 nitrogen and oxygen atoms in total. The lowest BCUT2D eigenvalue weighted by Crippen LogP contribution is -2.35. The zero-order valence-electron chi connectivity index (χ0n) is 12.0. The van der Waals surface area contributed by atoms with Gasteiger partial charge in [0.25, 0.3) is 0 Å². The van der Waals surface area contributed by atoms with Gasteiger partial charge < -0.3 is 10.4 Å². The number of benzene rings is 1. The normalized spacial score (nSPS) is 16.2. The molecule has 0 saturated heterocycles. The van der Waals surface area contributed by atoms with Crippen molar-refractivity contribution in [1.82, 2.24) is 5.32 Å². The summed E-state index contributed by atoms with van der Waals surface area (Å²) < 4.78 is 0. The highest BCUT2D eigenvalue weighted by Crippen LogP contribution is 2.45. The van der Waals surface area contributed by atoms with Crippen LogP contribution in [0, 0.1) is 26.2 Å². The summed E-state index contributed by atoms with van der Waals surface area (Å²) in [6.45, 7) is 6.96. The summed E-state index contributed by atoms with van der Waals surface area (Å²) in [5, 5.41) is 12.2. The quantitative estimate of drug-likeness (QED) is 0.852. The minimum Gasteiger partial charge on any atom is -0.395 e. The minimum absolute atomic E-state index is 0.0115. The Labute approximate surface area is 115 Å². The van der Waals surface area contributed by atoms with Crippen molar-refractivity contribution >= 4 is 5.91 Å². The molecule has 1 amide bonds. The second-order valence-electron chi connectivity index (χ2n) is 5.82. The highest BCUT2D eigenvalue weighted by Gasteiger charge is 2.49. The summed E-state index contributed by atoms with van der Waals surface area (Å²) in [6, 6.07) is 4.36. The molecule has 1 aliphatic rings. The number of hydrogen-bond acceptors (Lipinski definition) is 2. The van der Waals surface area contributed by atoms with E-state index in [1.807, 2.05) is 0 Å². The first kappa shape index (κ1) is 14.1. The van der Waals surface area contributed by atoms with Gasteiger partial charge in [-0.05, 0) is 56.7 Å². The van der Waals surface area contributed by atoms with Gasteiger partial charge in [-0.1, -0.05) is 17.7 Å². The van der Waals surface area contributed by atoms with Crippen LogP contribution in [0.3, 0.4) is 0 Å². The lowest BCUT2D eigenvalue weighted by atomic mass is 9.97. The summed E-state index contributed by atoms with van der Waals surface area (Å²) in [5.41, 5.74) is 4.71. The van der Waals surface area contributed by atoms with Crippen LogP contribution in [0.2, 0.25) is 0 Å². The number of carbonyl (C=O) groups excluding carboxylic acids is 1. The van der Waals surface area contributed by atoms with Crippen LogP contribution in [0.15, 0.2) is 12.1 Å². The molecule has 0 radical (unpaired) electrons. The summed E-state index contributed by atoms with van der Waals surface area (Å²) in [4.78, 5) is 11.9. The van der Waals surface area contributed by atoms with Crippen molar-refractivity contribution in [1.29, 1.82) is 0 Å². The standard InChI is InChI=1S/C16H23NO2/c1-11-8-12(2)14(13(3)9-11)4-7-17-15(19)16(10-18)5-6-16/h8-9,18H,4-7,10H2,1-3H3,(H,17,19). The molecule has 0 atom stereocenters. The summed E-state index contributed by atoms with van der Waals surface area (Å²) in [5.74, 6) is 0.0115. The van der Waals surface area contributed by atoms with Crippen molar-refractivity contribution < 1.29 is 9.90 Å². The molecule has 104 valence electrons. The molecule has 1 fully saturated rings. The molecule has 0 spiro atoms. The fourth-order valence-corrected chi connectivity index (χ4v) is 2.70. The number of aryl methyl sites for hydroxylation is 3. The maximum absolute atomic E-state index is 11.9. The van der Waals surface area contributed by atoms with E-state index >= 15 is 0 Å². The van der Waals surface area contributed by atoms with E-state index in [-0.39, 0.29) is 12.5 Å². The highest BCUT2D eigenvalue weighted by atomic mass is 16.3. The van der Waals surface area contributed by atoms with E-state index in [1.165, 1.54) is 22.3 Å². The van der Waals surface area contributed by atoms with Crippen LogP contribution in [0.25, 0.3) is 0 Å². The molecule has 2 rings (SSSR count). The molecule has 0 aromatic heterocycles. The van der Waals surface area contributed by atoms with E-state index in [0.29, 0.717) is 6.54 Å². The van der Waals surface area contributed by atoms with Crippen LogP contribution in [0.4, 0.5) is 0 Å². The van der Waals surface area contributed by atoms with Gasteiger partial charge in [-0.15, -0.1) is 0 Å². The van der Waals surface area contributed by atoms with E-state index in [2.05, 4.69) is 38.2 Å². The number of amides is 1. The van der Waals surface area contributed by atoms with Crippen LogP contribution < -0.4 is 5.32 Å². The van der Waals surface area contributed by atoms with Gasteiger partial charge in [0, 0.05) is 6.54 Å². The summed E-state index contributed by atoms with van der Waals surface area (Å²) in [7, 11) is 0. The smallest absolute Gasteiger partial charge is 0.228 e. The lowest BCUT2D eigenvalue weighted by molar-refractivity contribution is -0.127. The fourth-order valence-electron chi connectivity index (χ4n) is 2.70. The summed E-state index contributed by atoms with van der Waals surface area (Å²) in [6.07, 6.45) is 2.49. The molecule has 1 aromatic rings. The van der Waals surface area contributed by atoms with Crippen molar-refractivity contribution in [3.8, 4) is 0 Å². The first-order valence-electron chi connectivity index (χ1n) is 6.94. The maximum atomic E-state index is 11.9. The average Bonchev–Trinajstić information content (AvgIpc) is 3.13. The molecule has 0 heterocycles. The molecule has 1 aliphatic carbocycles. The van der Waals surface area contributed by atoms with Gasteiger partial charge in [0.15, 0.2) is 0 Å². The van der Waals surface area contributed by atoms with E-state index in [1.54, 1.807) is 0 Å². The third-order valence-corrected chi connectivity index (χ3v) is 4.14. The molecule has 1 saturated carbocycles. The Morgan fingerprint density at radius 3 is 2.32 bits per heavy atom. The van der Waals surface area contributed by atoms with E-state index < -0.39 is 5.41 Å². The largest absolute Gasteiger partial charge is 0.395 e. The van der Waals surface area contributed by atoms with Gasteiger partial charge in [0.05, 0.1) is 12.0 Å². The van der Waals surface area contributed by atoms with Gasteiger partial charge in [0.2, 0.25) is 5.91 Å². The minimum atomic E-state index is -0.461. The number of aliphatic hydroxyl groups excluding tert-OH is 1. The Morgan fingerprint density at radius 1 is 1.26 bits per heavy atom. The SMILES string of the molecule is Cc1cc(C)c(CCNC(=O)C2(CO)CC2)c(C)c1. The first-order valence-corrected chi connectivity index (χ1v) is 6.94. The Hall–Kier alpha value is -1.35. The first-order chi connectivity index (χ1) is 8.98.